The molecule has 428 valence electrons. The molecule has 24 heteroatoms. The highest BCUT2D eigenvalue weighted by Crippen LogP contribution is 2.49. The van der Waals surface area contributed by atoms with Gasteiger partial charge in [-0.05, 0) is 93.5 Å². The number of amides is 6. The van der Waals surface area contributed by atoms with Crippen LogP contribution < -0.4 is 25.7 Å². The number of carbonyl (C=O) groups excluding carboxylic acids is 7. The molecule has 6 amide bonds. The number of aliphatic hydroxyl groups is 1. The van der Waals surface area contributed by atoms with Crippen LogP contribution >= 0.6 is 11.6 Å². The monoisotopic (exact) mass is 1140 g/mol. The summed E-state index contributed by atoms with van der Waals surface area (Å²) in [6.07, 6.45) is 4.53. The standard InChI is InChI=1S/C56H65ClN6O16S/c1-32-12-11-13-44(76-7)56(71)31-42(77-54(70)59-56)33(2)52-55(4,79-52)45(30-49(67)62(5)40-27-36(26-32)28-41(75-6)51(40)57)78-50(68)24-17-35-15-18-37(19-16-35)34(3)60-61-53(69)39-21-20-38(29-43(39)80(72,73)74)58-46(64)14-9-8-10-25-63-47(65)22-23-48(63)66/h11-13,15-16,18-23,27-29,33,42,44-45,52,71H,8-10,14,17,24-26,30-31H2,1-7H3,(H,58,64)(H,59,70)(H,61,69)(H,72,73,74)/b13-11+,32-12+,60-34+/t33?,42-,44+,45-,52?,55?,56-/m0/s1. The molecule has 80 heavy (non-hydrogen) atoms. The zero-order chi connectivity index (χ0) is 58.3. The fourth-order valence-corrected chi connectivity index (χ4v) is 10.9. The first-order valence-corrected chi connectivity index (χ1v) is 27.6. The number of rotatable bonds is 17. The summed E-state index contributed by atoms with van der Waals surface area (Å²) in [5.41, 5.74) is 2.34. The molecule has 0 spiro atoms. The maximum Gasteiger partial charge on any atom is 0.409 e. The number of imide groups is 1. The van der Waals surface area contributed by atoms with E-state index in [2.05, 4.69) is 21.2 Å². The number of hydrogen-bond acceptors (Lipinski definition) is 16. The van der Waals surface area contributed by atoms with Crippen LogP contribution in [0.4, 0.5) is 16.2 Å². The largest absolute Gasteiger partial charge is 0.495 e. The van der Waals surface area contributed by atoms with Gasteiger partial charge in [-0.3, -0.25) is 43.5 Å². The topological polar surface area (TPSA) is 298 Å². The van der Waals surface area contributed by atoms with Crippen LogP contribution in [0.3, 0.4) is 0 Å². The third-order valence-electron chi connectivity index (χ3n) is 14.5. The Morgan fingerprint density at radius 3 is 2.38 bits per heavy atom. The third-order valence-corrected chi connectivity index (χ3v) is 15.8. The van der Waals surface area contributed by atoms with Crippen LogP contribution in [-0.4, -0.2) is 134 Å². The number of allylic oxidation sites excluding steroid dienone is 3. The van der Waals surface area contributed by atoms with E-state index >= 15 is 0 Å². The number of hydrazone groups is 1. The molecular weight excluding hydrogens is 1080 g/mol. The number of hydrogen-bond donors (Lipinski definition) is 5. The Balaban J connectivity index is 0.997. The van der Waals surface area contributed by atoms with E-state index in [9.17, 15) is 51.6 Å². The summed E-state index contributed by atoms with van der Waals surface area (Å²) in [5.74, 6) is -3.56. The normalized spacial score (nSPS) is 25.4. The fourth-order valence-electron chi connectivity index (χ4n) is 9.85. The summed E-state index contributed by atoms with van der Waals surface area (Å²) in [6, 6.07) is 13.8. The highest BCUT2D eigenvalue weighted by Gasteiger charge is 2.64. The van der Waals surface area contributed by atoms with Crippen molar-refractivity contribution in [2.24, 2.45) is 11.0 Å². The van der Waals surface area contributed by atoms with Crippen molar-refractivity contribution in [1.29, 1.82) is 0 Å². The van der Waals surface area contributed by atoms with Gasteiger partial charge in [-0.25, -0.2) is 10.2 Å². The minimum atomic E-state index is -4.96. The minimum Gasteiger partial charge on any atom is -0.495 e. The molecule has 3 unspecified atom stereocenters. The lowest BCUT2D eigenvalue weighted by Gasteiger charge is -2.42. The van der Waals surface area contributed by atoms with Crippen LogP contribution in [-0.2, 0) is 65.9 Å². The number of halogens is 1. The molecular formula is C56H65ClN6O16S. The fraction of sp³-hybridized carbons (Fsp3) is 0.429. The van der Waals surface area contributed by atoms with E-state index in [0.29, 0.717) is 54.0 Å². The van der Waals surface area contributed by atoms with Gasteiger partial charge < -0.3 is 39.0 Å². The van der Waals surface area contributed by atoms with E-state index < -0.39 is 104 Å². The first-order chi connectivity index (χ1) is 37.8. The number of benzene rings is 3. The number of esters is 1. The number of methoxy groups -OCH3 is 2. The van der Waals surface area contributed by atoms with Gasteiger partial charge in [0.2, 0.25) is 11.8 Å². The summed E-state index contributed by atoms with van der Waals surface area (Å²) in [4.78, 5) is 92.2. The van der Waals surface area contributed by atoms with Crippen LogP contribution in [0.5, 0.6) is 5.75 Å². The molecule has 2 fully saturated rings. The Labute approximate surface area is 468 Å². The smallest absolute Gasteiger partial charge is 0.409 e. The van der Waals surface area contributed by atoms with Crippen molar-refractivity contribution in [3.05, 3.63) is 118 Å². The molecule has 3 aromatic carbocycles. The molecule has 4 bridgehead atoms. The van der Waals surface area contributed by atoms with Gasteiger partial charge in [0.15, 0.2) is 5.72 Å². The average Bonchev–Trinajstić information content (AvgIpc) is 4.08. The molecule has 7 atom stereocenters. The van der Waals surface area contributed by atoms with Crippen molar-refractivity contribution in [3.63, 3.8) is 0 Å². The number of unbranched alkanes of at least 4 members (excludes halogenated alkanes) is 2. The molecule has 2 saturated heterocycles. The second-order valence-corrected chi connectivity index (χ2v) is 22.1. The lowest BCUT2D eigenvalue weighted by molar-refractivity contribution is -0.154. The van der Waals surface area contributed by atoms with Crippen LogP contribution in [0.15, 0.2) is 101 Å². The van der Waals surface area contributed by atoms with E-state index in [1.165, 1.54) is 37.3 Å². The number of fused-ring (bicyclic) bond motifs is 5. The van der Waals surface area contributed by atoms with Gasteiger partial charge in [0.25, 0.3) is 27.8 Å². The Bertz CT molecular complexity index is 3150. The number of nitrogens with zero attached hydrogens (tertiary/aromatic N) is 3. The number of epoxide rings is 1. The van der Waals surface area contributed by atoms with Crippen molar-refractivity contribution >= 4 is 80.4 Å². The maximum atomic E-state index is 14.3. The summed E-state index contributed by atoms with van der Waals surface area (Å²) in [7, 11) is -0.525. The van der Waals surface area contributed by atoms with E-state index in [1.807, 2.05) is 13.0 Å². The van der Waals surface area contributed by atoms with Crippen LogP contribution in [0.25, 0.3) is 0 Å². The zero-order valence-electron chi connectivity index (χ0n) is 45.3. The van der Waals surface area contributed by atoms with E-state index in [4.69, 9.17) is 35.3 Å². The second-order valence-electron chi connectivity index (χ2n) is 20.3. The SMILES string of the molecule is COc1cc2cc(c1Cl)N(C)C(=O)C[C@H](OC(=O)CCc1ccc(/C(C)=N/NC(=O)c3ccc(NC(=O)CCCCCN4C(=O)C=CC4=O)cc3S(=O)(=O)O)cc1)C1(C)OC1C(C)[C@@H]1C[C@@](O)(NC(=O)O1)[C@H](OC)/C=C/C=C(\C)C2. The minimum absolute atomic E-state index is 0.00588. The quantitative estimate of drug-likeness (QED) is 0.0193. The Morgan fingerprint density at radius 1 is 0.988 bits per heavy atom. The Morgan fingerprint density at radius 2 is 1.70 bits per heavy atom. The summed E-state index contributed by atoms with van der Waals surface area (Å²) < 4.78 is 64.2. The van der Waals surface area contributed by atoms with Crippen LogP contribution in [0, 0.1) is 5.92 Å². The molecule has 0 saturated carbocycles. The van der Waals surface area contributed by atoms with Crippen molar-refractivity contribution < 1.29 is 75.3 Å². The molecule has 5 N–H and O–H groups in total. The number of alkyl carbamates (subject to hydrolysis) is 1. The van der Waals surface area contributed by atoms with Gasteiger partial charge in [0.05, 0.1) is 36.6 Å². The molecule has 4 heterocycles. The van der Waals surface area contributed by atoms with Crippen LogP contribution in [0.2, 0.25) is 5.02 Å². The lowest BCUT2D eigenvalue weighted by atomic mass is 9.83. The van der Waals surface area contributed by atoms with Crippen molar-refractivity contribution in [3.8, 4) is 5.75 Å². The van der Waals surface area contributed by atoms with Crippen molar-refractivity contribution in [1.82, 2.24) is 15.6 Å². The molecule has 0 aromatic heterocycles. The summed E-state index contributed by atoms with van der Waals surface area (Å²) >= 11 is 6.81. The van der Waals surface area contributed by atoms with Gasteiger partial charge in [0, 0.05) is 63.7 Å². The van der Waals surface area contributed by atoms with Crippen LogP contribution in [0.1, 0.15) is 99.7 Å². The molecule has 3 aromatic rings. The number of anilines is 2. The Kier molecular flexibility index (Phi) is 19.2. The third kappa shape index (κ3) is 14.5. The molecule has 0 aliphatic carbocycles. The van der Waals surface area contributed by atoms with Gasteiger partial charge >= 0.3 is 12.1 Å². The van der Waals surface area contributed by atoms with E-state index in [0.717, 1.165) is 28.2 Å². The predicted molar refractivity (Wildman–Crippen MR) is 292 cm³/mol. The van der Waals surface area contributed by atoms with Gasteiger partial charge in [-0.2, -0.15) is 13.5 Å². The number of nitrogens with one attached hydrogen (secondary N) is 3. The van der Waals surface area contributed by atoms with Crippen molar-refractivity contribution in [2.45, 2.75) is 126 Å². The summed E-state index contributed by atoms with van der Waals surface area (Å²) in [6.45, 7) is 7.20. The first kappa shape index (κ1) is 60.4. The number of aryl methyl sites for hydroxylation is 1. The molecule has 0 radical (unpaired) electrons. The predicted octanol–water partition coefficient (Wildman–Crippen LogP) is 6.13. The highest BCUT2D eigenvalue weighted by atomic mass is 35.5. The van der Waals surface area contributed by atoms with Gasteiger partial charge in [-0.15, -0.1) is 0 Å². The zero-order valence-corrected chi connectivity index (χ0v) is 46.9. The number of ether oxygens (including phenoxy) is 5. The molecule has 7 rings (SSSR count). The molecule has 22 nitrogen and oxygen atoms in total. The molecule has 4 aliphatic rings. The van der Waals surface area contributed by atoms with E-state index in [1.54, 1.807) is 76.4 Å². The maximum absolute atomic E-state index is 14.3. The molecule has 4 aliphatic heterocycles. The lowest BCUT2D eigenvalue weighted by Crippen LogP contribution is -2.63. The Hall–Kier alpha value is -7.28. The number of carbonyl (C=O) groups is 7. The van der Waals surface area contributed by atoms with Gasteiger partial charge in [-0.1, -0.05) is 73.0 Å². The summed E-state index contributed by atoms with van der Waals surface area (Å²) in [5, 5.41) is 21.2. The highest BCUT2D eigenvalue weighted by molar-refractivity contribution is 7.86. The first-order valence-electron chi connectivity index (χ1n) is 25.8. The average molecular weight is 1150 g/mol. The second kappa shape index (κ2) is 25.4. The van der Waals surface area contributed by atoms with E-state index in [-0.39, 0.29) is 49.4 Å². The van der Waals surface area contributed by atoms with Gasteiger partial charge in [0.1, 0.15) is 39.6 Å². The van der Waals surface area contributed by atoms with Crippen molar-refractivity contribution in [2.75, 3.05) is 38.0 Å².